The fourth-order valence-corrected chi connectivity index (χ4v) is 1.64. The van der Waals surface area contributed by atoms with Gasteiger partial charge in [0.25, 0.3) is 0 Å². The molecule has 0 aliphatic heterocycles. The van der Waals surface area contributed by atoms with E-state index in [4.69, 9.17) is 5.73 Å². The minimum atomic E-state index is 0.349. The highest BCUT2D eigenvalue weighted by molar-refractivity contribution is 7.98. The van der Waals surface area contributed by atoms with Crippen molar-refractivity contribution in [1.82, 2.24) is 15.3 Å². The van der Waals surface area contributed by atoms with Crippen molar-refractivity contribution in [3.63, 3.8) is 0 Å². The van der Waals surface area contributed by atoms with Crippen molar-refractivity contribution in [1.29, 1.82) is 0 Å². The average Bonchev–Trinajstić information content (AvgIpc) is 2.18. The van der Waals surface area contributed by atoms with Crippen LogP contribution in [-0.4, -0.2) is 27.4 Å². The van der Waals surface area contributed by atoms with Gasteiger partial charge >= 0.3 is 0 Å². The molecule has 0 aliphatic rings. The third-order valence-electron chi connectivity index (χ3n) is 1.40. The van der Waals surface area contributed by atoms with Gasteiger partial charge < -0.3 is 11.1 Å². The molecule has 6 heteroatoms. The van der Waals surface area contributed by atoms with Gasteiger partial charge in [-0.05, 0) is 18.3 Å². The SMILES string of the molecule is NC(=S)NCCSCc1ncccn1. The van der Waals surface area contributed by atoms with E-state index in [0.717, 1.165) is 23.9 Å². The van der Waals surface area contributed by atoms with E-state index in [1.807, 2.05) is 6.07 Å². The third kappa shape index (κ3) is 4.98. The summed E-state index contributed by atoms with van der Waals surface area (Å²) < 4.78 is 0. The molecule has 0 amide bonds. The number of thiocarbonyl (C=S) groups is 1. The lowest BCUT2D eigenvalue weighted by Crippen LogP contribution is -2.30. The first-order chi connectivity index (χ1) is 6.79. The molecule has 1 rings (SSSR count). The minimum absolute atomic E-state index is 0.349. The number of aromatic nitrogens is 2. The molecule has 0 spiro atoms. The zero-order chi connectivity index (χ0) is 10.2. The van der Waals surface area contributed by atoms with Crippen LogP contribution in [0.1, 0.15) is 5.82 Å². The van der Waals surface area contributed by atoms with Gasteiger partial charge in [-0.1, -0.05) is 0 Å². The summed E-state index contributed by atoms with van der Waals surface area (Å²) in [7, 11) is 0. The Morgan fingerprint density at radius 2 is 2.21 bits per heavy atom. The van der Waals surface area contributed by atoms with Crippen LogP contribution in [0.4, 0.5) is 0 Å². The molecule has 1 aromatic rings. The molecule has 4 nitrogen and oxygen atoms in total. The predicted molar refractivity (Wildman–Crippen MR) is 63.0 cm³/mol. The van der Waals surface area contributed by atoms with Crippen molar-refractivity contribution in [3.8, 4) is 0 Å². The quantitative estimate of drug-likeness (QED) is 0.566. The molecular formula is C8H12N4S2. The van der Waals surface area contributed by atoms with E-state index in [-0.39, 0.29) is 0 Å². The monoisotopic (exact) mass is 228 g/mol. The Balaban J connectivity index is 2.08. The van der Waals surface area contributed by atoms with Gasteiger partial charge in [0.15, 0.2) is 5.11 Å². The summed E-state index contributed by atoms with van der Waals surface area (Å²) in [6.07, 6.45) is 3.49. The number of rotatable bonds is 5. The van der Waals surface area contributed by atoms with E-state index in [1.54, 1.807) is 24.2 Å². The number of thioether (sulfide) groups is 1. The first kappa shape index (κ1) is 11.2. The van der Waals surface area contributed by atoms with Crippen LogP contribution in [0.15, 0.2) is 18.5 Å². The number of nitrogens with zero attached hydrogens (tertiary/aromatic N) is 2. The number of nitrogens with one attached hydrogen (secondary N) is 1. The fraction of sp³-hybridized carbons (Fsp3) is 0.375. The molecule has 0 atom stereocenters. The van der Waals surface area contributed by atoms with Crippen LogP contribution < -0.4 is 11.1 Å². The van der Waals surface area contributed by atoms with Gasteiger partial charge in [0.05, 0.1) is 5.75 Å². The van der Waals surface area contributed by atoms with E-state index in [2.05, 4.69) is 27.5 Å². The van der Waals surface area contributed by atoms with Crippen molar-refractivity contribution in [2.75, 3.05) is 12.3 Å². The van der Waals surface area contributed by atoms with Crippen LogP contribution in [0, 0.1) is 0 Å². The molecule has 3 N–H and O–H groups in total. The van der Waals surface area contributed by atoms with Crippen LogP contribution in [0.25, 0.3) is 0 Å². The second-order valence-electron chi connectivity index (χ2n) is 2.51. The van der Waals surface area contributed by atoms with Gasteiger partial charge in [-0.2, -0.15) is 11.8 Å². The zero-order valence-corrected chi connectivity index (χ0v) is 9.27. The standard InChI is InChI=1S/C8H12N4S2/c9-8(13)12-4-5-14-6-7-10-2-1-3-11-7/h1-3H,4-6H2,(H3,9,12,13). The van der Waals surface area contributed by atoms with E-state index in [9.17, 15) is 0 Å². The maximum Gasteiger partial charge on any atom is 0.163 e. The Morgan fingerprint density at radius 1 is 1.50 bits per heavy atom. The number of hydrogen-bond donors (Lipinski definition) is 2. The maximum absolute atomic E-state index is 5.27. The average molecular weight is 228 g/mol. The van der Waals surface area contributed by atoms with Gasteiger partial charge in [-0.25, -0.2) is 9.97 Å². The van der Waals surface area contributed by atoms with Crippen molar-refractivity contribution < 1.29 is 0 Å². The van der Waals surface area contributed by atoms with Gasteiger partial charge in [-0.15, -0.1) is 0 Å². The van der Waals surface area contributed by atoms with E-state index >= 15 is 0 Å². The van der Waals surface area contributed by atoms with Crippen LogP contribution >= 0.6 is 24.0 Å². The van der Waals surface area contributed by atoms with Gasteiger partial charge in [0.1, 0.15) is 5.82 Å². The Hall–Kier alpha value is -0.880. The normalized spacial score (nSPS) is 9.71. The molecule has 1 aromatic heterocycles. The number of nitrogens with two attached hydrogens (primary N) is 1. The van der Waals surface area contributed by atoms with E-state index in [1.165, 1.54) is 0 Å². The smallest absolute Gasteiger partial charge is 0.163 e. The van der Waals surface area contributed by atoms with Crippen molar-refractivity contribution >= 4 is 29.1 Å². The maximum atomic E-state index is 5.27. The highest BCUT2D eigenvalue weighted by Gasteiger charge is 1.94. The summed E-state index contributed by atoms with van der Waals surface area (Å²) in [4.78, 5) is 8.22. The summed E-state index contributed by atoms with van der Waals surface area (Å²) in [5.41, 5.74) is 5.27. The molecular weight excluding hydrogens is 216 g/mol. The van der Waals surface area contributed by atoms with Crippen LogP contribution in [-0.2, 0) is 5.75 Å². The molecule has 0 fully saturated rings. The highest BCUT2D eigenvalue weighted by atomic mass is 32.2. The molecule has 0 saturated heterocycles. The molecule has 0 saturated carbocycles. The molecule has 14 heavy (non-hydrogen) atoms. The molecule has 0 aliphatic carbocycles. The summed E-state index contributed by atoms with van der Waals surface area (Å²) in [6.45, 7) is 0.785. The Bertz CT molecular complexity index is 278. The lowest BCUT2D eigenvalue weighted by molar-refractivity contribution is 0.978. The van der Waals surface area contributed by atoms with Crippen LogP contribution in [0.3, 0.4) is 0 Å². The minimum Gasteiger partial charge on any atom is -0.376 e. The van der Waals surface area contributed by atoms with E-state index < -0.39 is 0 Å². The van der Waals surface area contributed by atoms with Crippen molar-refractivity contribution in [2.45, 2.75) is 5.75 Å². The first-order valence-electron chi connectivity index (χ1n) is 4.16. The molecule has 0 bridgehead atoms. The Kier molecular flexibility index (Phi) is 5.24. The van der Waals surface area contributed by atoms with Gasteiger partial charge in [0.2, 0.25) is 0 Å². The second kappa shape index (κ2) is 6.56. The lowest BCUT2D eigenvalue weighted by Gasteiger charge is -2.02. The summed E-state index contributed by atoms with van der Waals surface area (Å²) >= 11 is 6.42. The Labute approximate surface area is 92.7 Å². The van der Waals surface area contributed by atoms with Gasteiger partial charge in [-0.3, -0.25) is 0 Å². The molecule has 1 heterocycles. The van der Waals surface area contributed by atoms with Crippen LogP contribution in [0.5, 0.6) is 0 Å². The Morgan fingerprint density at radius 3 is 2.86 bits per heavy atom. The lowest BCUT2D eigenvalue weighted by atomic mass is 10.6. The largest absolute Gasteiger partial charge is 0.376 e. The number of hydrogen-bond acceptors (Lipinski definition) is 4. The molecule has 0 aromatic carbocycles. The fourth-order valence-electron chi connectivity index (χ4n) is 0.814. The topological polar surface area (TPSA) is 63.8 Å². The van der Waals surface area contributed by atoms with Crippen molar-refractivity contribution in [2.24, 2.45) is 5.73 Å². The predicted octanol–water partition coefficient (Wildman–Crippen LogP) is 0.543. The summed E-state index contributed by atoms with van der Waals surface area (Å²) in [6, 6.07) is 1.81. The van der Waals surface area contributed by atoms with Crippen LogP contribution in [0.2, 0.25) is 0 Å². The molecule has 0 radical (unpaired) electrons. The summed E-state index contributed by atoms with van der Waals surface area (Å²) in [5, 5.41) is 3.23. The van der Waals surface area contributed by atoms with Crippen molar-refractivity contribution in [3.05, 3.63) is 24.3 Å². The third-order valence-corrected chi connectivity index (χ3v) is 2.50. The summed E-state index contributed by atoms with van der Waals surface area (Å²) in [5.74, 6) is 2.61. The van der Waals surface area contributed by atoms with E-state index in [0.29, 0.717) is 5.11 Å². The molecule has 76 valence electrons. The molecule has 0 unspecified atom stereocenters. The highest BCUT2D eigenvalue weighted by Crippen LogP contribution is 2.05. The second-order valence-corrected chi connectivity index (χ2v) is 4.05. The zero-order valence-electron chi connectivity index (χ0n) is 7.64. The van der Waals surface area contributed by atoms with Gasteiger partial charge in [0, 0.05) is 24.7 Å². The first-order valence-corrected chi connectivity index (χ1v) is 5.72.